The Morgan fingerprint density at radius 2 is 2.35 bits per heavy atom. The highest BCUT2D eigenvalue weighted by atomic mass is 16.5. The Hall–Kier alpha value is -1.39. The summed E-state index contributed by atoms with van der Waals surface area (Å²) in [4.78, 5) is 11.1. The van der Waals surface area contributed by atoms with Crippen molar-refractivity contribution < 1.29 is 14.6 Å². The molecule has 1 atom stereocenters. The zero-order chi connectivity index (χ0) is 12.7. The Balaban J connectivity index is 2.83. The second kappa shape index (κ2) is 7.04. The summed E-state index contributed by atoms with van der Waals surface area (Å²) in [6.07, 6.45) is 5.93. The van der Waals surface area contributed by atoms with Crippen molar-refractivity contribution in [2.45, 2.75) is 20.0 Å². The fourth-order valence-corrected chi connectivity index (χ4v) is 1.54. The second-order valence-electron chi connectivity index (χ2n) is 3.82. The van der Waals surface area contributed by atoms with E-state index in [1.54, 1.807) is 18.2 Å². The Bertz CT molecular complexity index is 356. The van der Waals surface area contributed by atoms with Crippen LogP contribution in [0, 0.1) is 0 Å². The maximum Gasteiger partial charge on any atom is 0.331 e. The van der Waals surface area contributed by atoms with Crippen molar-refractivity contribution in [2.75, 3.05) is 19.7 Å². The van der Waals surface area contributed by atoms with E-state index in [2.05, 4.69) is 5.32 Å². The van der Waals surface area contributed by atoms with Gasteiger partial charge in [-0.05, 0) is 30.7 Å². The van der Waals surface area contributed by atoms with E-state index >= 15 is 0 Å². The molecule has 0 spiro atoms. The molecule has 1 aliphatic heterocycles. The molecule has 1 aliphatic rings. The molecule has 0 saturated carbocycles. The molecule has 4 nitrogen and oxygen atoms in total. The van der Waals surface area contributed by atoms with Gasteiger partial charge in [-0.2, -0.15) is 0 Å². The predicted octanol–water partition coefficient (Wildman–Crippen LogP) is 0.943. The summed E-state index contributed by atoms with van der Waals surface area (Å²) in [7, 11) is 0. The summed E-state index contributed by atoms with van der Waals surface area (Å²) in [6.45, 7) is 5.42. The molecule has 0 amide bonds. The van der Waals surface area contributed by atoms with Gasteiger partial charge in [-0.25, -0.2) is 4.79 Å². The van der Waals surface area contributed by atoms with Gasteiger partial charge in [0.15, 0.2) is 0 Å². The van der Waals surface area contributed by atoms with Crippen LogP contribution < -0.4 is 5.32 Å². The van der Waals surface area contributed by atoms with Gasteiger partial charge in [0, 0.05) is 12.6 Å². The molecular formula is C13H19NO3. The van der Waals surface area contributed by atoms with Crippen LogP contribution in [0.25, 0.3) is 0 Å². The van der Waals surface area contributed by atoms with Crippen molar-refractivity contribution in [3.63, 3.8) is 0 Å². The summed E-state index contributed by atoms with van der Waals surface area (Å²) in [5.74, 6) is -0.368. The number of likely N-dealkylation sites (N-methyl/N-ethyl adjacent to an activating group) is 1. The summed E-state index contributed by atoms with van der Waals surface area (Å²) in [5, 5.41) is 13.1. The normalized spacial score (nSPS) is 26.4. The molecule has 0 aliphatic carbocycles. The summed E-state index contributed by atoms with van der Waals surface area (Å²) in [5.41, 5.74) is 1.73. The van der Waals surface area contributed by atoms with Gasteiger partial charge < -0.3 is 15.2 Å². The first-order valence-electron chi connectivity index (χ1n) is 5.76. The lowest BCUT2D eigenvalue weighted by molar-refractivity contribution is -0.136. The van der Waals surface area contributed by atoms with Gasteiger partial charge >= 0.3 is 5.97 Å². The highest BCUT2D eigenvalue weighted by Gasteiger charge is 2.12. The van der Waals surface area contributed by atoms with E-state index in [-0.39, 0.29) is 12.6 Å². The van der Waals surface area contributed by atoms with Gasteiger partial charge in [0.05, 0.1) is 6.10 Å². The maximum atomic E-state index is 11.1. The van der Waals surface area contributed by atoms with Crippen molar-refractivity contribution in [3.05, 3.63) is 35.5 Å². The average Bonchev–Trinajstić information content (AvgIpc) is 2.38. The average molecular weight is 237 g/mol. The van der Waals surface area contributed by atoms with Crippen LogP contribution in [0.15, 0.2) is 35.5 Å². The second-order valence-corrected chi connectivity index (χ2v) is 3.82. The molecule has 0 radical (unpaired) electrons. The number of hydrogen-bond donors (Lipinski definition) is 2. The van der Waals surface area contributed by atoms with Crippen molar-refractivity contribution in [1.82, 2.24) is 5.32 Å². The first kappa shape index (κ1) is 13.7. The standard InChI is InChI=1S/C13H19NO3/c1-3-14-9-12(15)11-5-4-6-13(16)17-8-7-10(11)2/h4-7,12,14-15H,3,8-9H2,1-2H3/b6-4+,10-7+,11-5+. The molecule has 1 unspecified atom stereocenters. The third-order valence-corrected chi connectivity index (χ3v) is 2.53. The first-order chi connectivity index (χ1) is 8.15. The Kier molecular flexibility index (Phi) is 5.66. The molecule has 4 heteroatoms. The van der Waals surface area contributed by atoms with E-state index < -0.39 is 6.10 Å². The topological polar surface area (TPSA) is 58.6 Å². The Morgan fingerprint density at radius 1 is 1.59 bits per heavy atom. The first-order valence-corrected chi connectivity index (χ1v) is 5.76. The number of carbonyl (C=O) groups excluding carboxylic acids is 1. The molecule has 1 heterocycles. The summed E-state index contributed by atoms with van der Waals surface area (Å²) < 4.78 is 4.91. The predicted molar refractivity (Wildman–Crippen MR) is 66.5 cm³/mol. The molecule has 94 valence electrons. The Morgan fingerprint density at radius 3 is 3.06 bits per heavy atom. The number of esters is 1. The van der Waals surface area contributed by atoms with Crippen LogP contribution in [-0.4, -0.2) is 36.9 Å². The molecule has 0 saturated heterocycles. The lowest BCUT2D eigenvalue weighted by Crippen LogP contribution is -2.28. The molecule has 0 bridgehead atoms. The van der Waals surface area contributed by atoms with Gasteiger partial charge in [0.25, 0.3) is 0 Å². The Labute approximate surface area is 102 Å². The van der Waals surface area contributed by atoms with Crippen LogP contribution in [0.3, 0.4) is 0 Å². The molecule has 0 aromatic rings. The smallest absolute Gasteiger partial charge is 0.331 e. The number of aliphatic hydroxyl groups is 1. The van der Waals surface area contributed by atoms with Crippen LogP contribution in [0.5, 0.6) is 0 Å². The minimum Gasteiger partial charge on any atom is -0.458 e. The number of hydrogen-bond acceptors (Lipinski definition) is 4. The van der Waals surface area contributed by atoms with E-state index in [0.717, 1.165) is 17.7 Å². The van der Waals surface area contributed by atoms with Crippen molar-refractivity contribution in [1.29, 1.82) is 0 Å². The zero-order valence-electron chi connectivity index (χ0n) is 10.3. The number of ether oxygens (including phenoxy) is 1. The number of aliphatic hydroxyl groups excluding tert-OH is 1. The third kappa shape index (κ3) is 4.54. The number of cyclic esters (lactones) is 1. The maximum absolute atomic E-state index is 11.1. The van der Waals surface area contributed by atoms with E-state index in [0.29, 0.717) is 6.54 Å². The van der Waals surface area contributed by atoms with Crippen molar-refractivity contribution in [2.24, 2.45) is 0 Å². The molecule has 2 N–H and O–H groups in total. The van der Waals surface area contributed by atoms with E-state index in [4.69, 9.17) is 4.74 Å². The number of rotatable bonds is 4. The van der Waals surface area contributed by atoms with Crippen LogP contribution in [0.1, 0.15) is 13.8 Å². The van der Waals surface area contributed by atoms with Crippen LogP contribution in [0.4, 0.5) is 0 Å². The third-order valence-electron chi connectivity index (χ3n) is 2.53. The number of allylic oxidation sites excluding steroid dienone is 2. The lowest BCUT2D eigenvalue weighted by Gasteiger charge is -2.15. The van der Waals surface area contributed by atoms with Gasteiger partial charge in [0.2, 0.25) is 0 Å². The molecule has 17 heavy (non-hydrogen) atoms. The minimum absolute atomic E-state index is 0.236. The fourth-order valence-electron chi connectivity index (χ4n) is 1.54. The quantitative estimate of drug-likeness (QED) is 0.715. The van der Waals surface area contributed by atoms with Crippen LogP contribution in [-0.2, 0) is 9.53 Å². The highest BCUT2D eigenvalue weighted by Crippen LogP contribution is 2.15. The van der Waals surface area contributed by atoms with Gasteiger partial charge in [-0.15, -0.1) is 0 Å². The van der Waals surface area contributed by atoms with Crippen LogP contribution >= 0.6 is 0 Å². The van der Waals surface area contributed by atoms with E-state index in [1.807, 2.05) is 13.8 Å². The SMILES string of the molecule is CCNCC(O)C1=C/C=C/C(=O)OC\C=C\1C. The number of nitrogens with one attached hydrogen (secondary N) is 1. The molecule has 0 fully saturated rings. The molecule has 0 aromatic carbocycles. The van der Waals surface area contributed by atoms with Gasteiger partial charge in [0.1, 0.15) is 6.61 Å². The summed E-state index contributed by atoms with van der Waals surface area (Å²) >= 11 is 0. The van der Waals surface area contributed by atoms with Crippen LogP contribution in [0.2, 0.25) is 0 Å². The van der Waals surface area contributed by atoms with E-state index in [9.17, 15) is 9.90 Å². The summed E-state index contributed by atoms with van der Waals surface area (Å²) in [6, 6.07) is 0. The lowest BCUT2D eigenvalue weighted by atomic mass is 10.0. The van der Waals surface area contributed by atoms with E-state index in [1.165, 1.54) is 6.08 Å². The van der Waals surface area contributed by atoms with Gasteiger partial charge in [-0.3, -0.25) is 0 Å². The fraction of sp³-hybridized carbons (Fsp3) is 0.462. The molecular weight excluding hydrogens is 218 g/mol. The van der Waals surface area contributed by atoms with Crippen molar-refractivity contribution in [3.8, 4) is 0 Å². The molecule has 0 aromatic heterocycles. The minimum atomic E-state index is -0.580. The molecule has 1 rings (SSSR count). The number of carbonyl (C=O) groups is 1. The monoisotopic (exact) mass is 237 g/mol. The van der Waals surface area contributed by atoms with Gasteiger partial charge in [-0.1, -0.05) is 19.1 Å². The van der Waals surface area contributed by atoms with Crippen molar-refractivity contribution >= 4 is 5.97 Å². The zero-order valence-corrected chi connectivity index (χ0v) is 10.3. The highest BCUT2D eigenvalue weighted by molar-refractivity contribution is 5.82. The largest absolute Gasteiger partial charge is 0.458 e.